The first-order valence-electron chi connectivity index (χ1n) is 13.7. The van der Waals surface area contributed by atoms with E-state index in [1.165, 1.54) is 11.6 Å². The molecule has 0 unspecified atom stereocenters. The number of piperazine rings is 1. The number of rotatable bonds is 7. The molecule has 5 aromatic rings. The maximum absolute atomic E-state index is 14.5. The van der Waals surface area contributed by atoms with Crippen molar-refractivity contribution in [3.8, 4) is 0 Å². The molecule has 1 N–H and O–H groups in total. The highest BCUT2D eigenvalue weighted by Gasteiger charge is 2.33. The zero-order valence-corrected chi connectivity index (χ0v) is 22.7. The predicted molar refractivity (Wildman–Crippen MR) is 154 cm³/mol. The number of nitrogens with one attached hydrogen (secondary N) is 1. The second kappa shape index (κ2) is 11.0. The van der Waals surface area contributed by atoms with Crippen LogP contribution < -0.4 is 10.5 Å². The minimum Gasteiger partial charge on any atom is -0.367 e. The summed E-state index contributed by atoms with van der Waals surface area (Å²) in [5, 5.41) is 13.8. The van der Waals surface area contributed by atoms with Gasteiger partial charge in [-0.1, -0.05) is 42.5 Å². The Morgan fingerprint density at radius 2 is 1.65 bits per heavy atom. The molecule has 9 heteroatoms. The summed E-state index contributed by atoms with van der Waals surface area (Å²) >= 11 is 0. The summed E-state index contributed by atoms with van der Waals surface area (Å²) in [6.45, 7) is 7.17. The summed E-state index contributed by atoms with van der Waals surface area (Å²) in [5.41, 5.74) is 5.33. The topological polar surface area (TPSA) is 82.9 Å². The van der Waals surface area contributed by atoms with Crippen LogP contribution in [0.1, 0.15) is 34.1 Å². The van der Waals surface area contributed by atoms with Crippen molar-refractivity contribution < 1.29 is 4.39 Å². The molecule has 1 atom stereocenters. The van der Waals surface area contributed by atoms with Gasteiger partial charge in [0.25, 0.3) is 5.56 Å². The molecule has 3 heterocycles. The number of benzene rings is 3. The first kappa shape index (κ1) is 25.9. The number of halogens is 1. The number of aromatic nitrogens is 5. The number of tetrazole rings is 1. The molecule has 0 spiro atoms. The third kappa shape index (κ3) is 5.12. The van der Waals surface area contributed by atoms with Crippen molar-refractivity contribution in [2.45, 2.75) is 32.9 Å². The first-order valence-corrected chi connectivity index (χ1v) is 13.7. The van der Waals surface area contributed by atoms with Crippen molar-refractivity contribution in [1.82, 2.24) is 30.1 Å². The van der Waals surface area contributed by atoms with Gasteiger partial charge in [0.15, 0.2) is 5.82 Å². The minimum absolute atomic E-state index is 0.158. The number of para-hydroxylation sites is 1. The van der Waals surface area contributed by atoms with Crippen LogP contribution in [0.15, 0.2) is 77.6 Å². The Morgan fingerprint density at radius 1 is 0.925 bits per heavy atom. The summed E-state index contributed by atoms with van der Waals surface area (Å²) < 4.78 is 16.3. The van der Waals surface area contributed by atoms with Crippen LogP contribution in [0.3, 0.4) is 0 Å². The molecule has 0 bridgehead atoms. The average Bonchev–Trinajstić information content (AvgIpc) is 3.43. The lowest BCUT2D eigenvalue weighted by Gasteiger charge is -2.39. The zero-order valence-electron chi connectivity index (χ0n) is 22.7. The van der Waals surface area contributed by atoms with E-state index in [0.29, 0.717) is 49.8 Å². The van der Waals surface area contributed by atoms with Crippen LogP contribution in [0.2, 0.25) is 0 Å². The van der Waals surface area contributed by atoms with Crippen molar-refractivity contribution >= 4 is 16.6 Å². The molecule has 1 saturated heterocycles. The summed E-state index contributed by atoms with van der Waals surface area (Å²) in [5.74, 6) is 0.401. The van der Waals surface area contributed by atoms with Gasteiger partial charge in [0.1, 0.15) is 11.9 Å². The summed E-state index contributed by atoms with van der Waals surface area (Å²) in [6, 6.07) is 22.7. The van der Waals surface area contributed by atoms with Crippen molar-refractivity contribution in [2.75, 3.05) is 31.1 Å². The van der Waals surface area contributed by atoms with Crippen LogP contribution in [0, 0.1) is 19.7 Å². The Bertz CT molecular complexity index is 1690. The second-order valence-corrected chi connectivity index (χ2v) is 10.5. The van der Waals surface area contributed by atoms with E-state index in [9.17, 15) is 9.18 Å². The maximum Gasteiger partial charge on any atom is 0.253 e. The number of aromatic amines is 1. The molecule has 0 aliphatic carbocycles. The number of hydrogen-bond acceptors (Lipinski definition) is 6. The van der Waals surface area contributed by atoms with Crippen molar-refractivity contribution in [1.29, 1.82) is 0 Å². The lowest BCUT2D eigenvalue weighted by Crippen LogP contribution is -2.49. The number of nitrogens with zero attached hydrogens (tertiary/aromatic N) is 6. The van der Waals surface area contributed by atoms with E-state index in [1.54, 1.807) is 6.07 Å². The Labute approximate surface area is 232 Å². The van der Waals surface area contributed by atoms with E-state index in [0.717, 1.165) is 28.5 Å². The lowest BCUT2D eigenvalue weighted by molar-refractivity contribution is 0.199. The van der Waals surface area contributed by atoms with E-state index in [1.807, 2.05) is 54.1 Å². The fraction of sp³-hybridized carbons (Fsp3) is 0.290. The Hall–Kier alpha value is -4.37. The normalized spacial score (nSPS) is 15.0. The van der Waals surface area contributed by atoms with Gasteiger partial charge < -0.3 is 9.88 Å². The molecule has 2 aromatic heterocycles. The highest BCUT2D eigenvalue weighted by atomic mass is 19.1. The van der Waals surface area contributed by atoms with Gasteiger partial charge in [-0.25, -0.2) is 9.07 Å². The molecular formula is C31H32FN7O. The van der Waals surface area contributed by atoms with Gasteiger partial charge in [0, 0.05) is 43.8 Å². The molecule has 8 nitrogen and oxygen atoms in total. The van der Waals surface area contributed by atoms with Crippen LogP contribution in [0.4, 0.5) is 10.1 Å². The standard InChI is InChI=1S/C31H32FN7O/c1-21-18-24-20-25(31(40)33-27(24)19-22(21)2)29(30-34-35-36-39(30)13-12-23-8-4-3-5-9-23)38-16-14-37(15-17-38)28-11-7-6-10-26(28)32/h3-11,18-20,29H,12-17H2,1-2H3,(H,33,40)/t29-/m0/s1. The quantitative estimate of drug-likeness (QED) is 0.331. The van der Waals surface area contributed by atoms with Crippen LogP contribution in [0.25, 0.3) is 10.9 Å². The van der Waals surface area contributed by atoms with Crippen molar-refractivity contribution in [3.05, 3.63) is 117 Å². The van der Waals surface area contributed by atoms with Crippen molar-refractivity contribution in [2.24, 2.45) is 0 Å². The third-order valence-electron chi connectivity index (χ3n) is 7.91. The molecule has 40 heavy (non-hydrogen) atoms. The number of pyridine rings is 1. The number of aryl methyl sites for hydroxylation is 4. The van der Waals surface area contributed by atoms with Crippen LogP contribution in [-0.4, -0.2) is 56.3 Å². The first-order chi connectivity index (χ1) is 19.5. The number of hydrogen-bond donors (Lipinski definition) is 1. The number of anilines is 1. The minimum atomic E-state index is -0.455. The Morgan fingerprint density at radius 3 is 2.42 bits per heavy atom. The van der Waals surface area contributed by atoms with E-state index in [2.05, 4.69) is 55.4 Å². The van der Waals surface area contributed by atoms with E-state index < -0.39 is 6.04 Å². The van der Waals surface area contributed by atoms with Gasteiger partial charge in [-0.15, -0.1) is 5.10 Å². The lowest BCUT2D eigenvalue weighted by atomic mass is 10.00. The number of H-pyrrole nitrogens is 1. The fourth-order valence-electron chi connectivity index (χ4n) is 5.57. The largest absolute Gasteiger partial charge is 0.367 e. The average molecular weight is 538 g/mol. The van der Waals surface area contributed by atoms with Crippen LogP contribution in [0.5, 0.6) is 0 Å². The maximum atomic E-state index is 14.5. The predicted octanol–water partition coefficient (Wildman–Crippen LogP) is 4.42. The molecular weight excluding hydrogens is 505 g/mol. The van der Waals surface area contributed by atoms with E-state index in [-0.39, 0.29) is 11.4 Å². The van der Waals surface area contributed by atoms with Gasteiger partial charge >= 0.3 is 0 Å². The Kier molecular flexibility index (Phi) is 7.13. The zero-order chi connectivity index (χ0) is 27.6. The molecule has 3 aromatic carbocycles. The highest BCUT2D eigenvalue weighted by Crippen LogP contribution is 2.30. The smallest absolute Gasteiger partial charge is 0.253 e. The highest BCUT2D eigenvalue weighted by molar-refractivity contribution is 5.81. The molecule has 1 aliphatic heterocycles. The number of fused-ring (bicyclic) bond motifs is 1. The van der Waals surface area contributed by atoms with E-state index in [4.69, 9.17) is 0 Å². The molecule has 0 amide bonds. The third-order valence-corrected chi connectivity index (χ3v) is 7.91. The van der Waals surface area contributed by atoms with Crippen LogP contribution in [-0.2, 0) is 13.0 Å². The van der Waals surface area contributed by atoms with E-state index >= 15 is 0 Å². The molecule has 1 fully saturated rings. The molecule has 0 saturated carbocycles. The fourth-order valence-corrected chi connectivity index (χ4v) is 5.57. The van der Waals surface area contributed by atoms with Crippen LogP contribution >= 0.6 is 0 Å². The summed E-state index contributed by atoms with van der Waals surface area (Å²) in [7, 11) is 0. The van der Waals surface area contributed by atoms with Gasteiger partial charge in [-0.05, 0) is 83.1 Å². The van der Waals surface area contributed by atoms with Gasteiger partial charge in [0.2, 0.25) is 0 Å². The van der Waals surface area contributed by atoms with Gasteiger partial charge in [-0.2, -0.15) is 0 Å². The Balaban J connectivity index is 1.37. The SMILES string of the molecule is Cc1cc2cc([C@@H](c3nnnn3CCc3ccccc3)N3CCN(c4ccccc4F)CC3)c(=O)[nH]c2cc1C. The molecule has 6 rings (SSSR count). The van der Waals surface area contributed by atoms with Crippen molar-refractivity contribution in [3.63, 3.8) is 0 Å². The monoisotopic (exact) mass is 537 g/mol. The molecule has 0 radical (unpaired) electrons. The summed E-state index contributed by atoms with van der Waals surface area (Å²) in [4.78, 5) is 21.0. The van der Waals surface area contributed by atoms with Gasteiger partial charge in [-0.3, -0.25) is 9.69 Å². The summed E-state index contributed by atoms with van der Waals surface area (Å²) in [6.07, 6.45) is 0.763. The molecule has 1 aliphatic rings. The second-order valence-electron chi connectivity index (χ2n) is 10.5. The molecule has 204 valence electrons. The van der Waals surface area contributed by atoms with Gasteiger partial charge in [0.05, 0.1) is 5.69 Å².